The maximum absolute atomic E-state index is 12.5. The molecule has 3 rings (SSSR count). The van der Waals surface area contributed by atoms with Crippen LogP contribution in [0.2, 0.25) is 0 Å². The summed E-state index contributed by atoms with van der Waals surface area (Å²) in [7, 11) is 0. The summed E-state index contributed by atoms with van der Waals surface area (Å²) in [5.74, 6) is 0.0535. The first kappa shape index (κ1) is 12.6. The highest BCUT2D eigenvalue weighted by Crippen LogP contribution is 2.21. The Kier molecular flexibility index (Phi) is 3.29. The predicted octanol–water partition coefficient (Wildman–Crippen LogP) is 0.732. The van der Waals surface area contributed by atoms with E-state index in [0.29, 0.717) is 19.6 Å². The van der Waals surface area contributed by atoms with Crippen molar-refractivity contribution in [3.8, 4) is 0 Å². The number of carbonyl (C=O) groups is 1. The van der Waals surface area contributed by atoms with Crippen LogP contribution in [0.1, 0.15) is 17.5 Å². The molecule has 1 atom stereocenters. The van der Waals surface area contributed by atoms with Crippen LogP contribution in [0.15, 0.2) is 24.3 Å². The molecule has 2 heterocycles. The molecule has 0 saturated carbocycles. The maximum atomic E-state index is 12.5. The second kappa shape index (κ2) is 4.94. The molecule has 1 saturated heterocycles. The van der Waals surface area contributed by atoms with Gasteiger partial charge in [-0.3, -0.25) is 4.79 Å². The molecule has 2 aliphatic rings. The molecule has 1 aromatic carbocycles. The third kappa shape index (κ3) is 2.38. The van der Waals surface area contributed by atoms with Crippen LogP contribution in [0.5, 0.6) is 0 Å². The Morgan fingerprint density at radius 3 is 2.37 bits per heavy atom. The monoisotopic (exact) mass is 260 g/mol. The van der Waals surface area contributed by atoms with E-state index >= 15 is 0 Å². The molecule has 2 N–H and O–H groups in total. The molecule has 0 aliphatic carbocycles. The summed E-state index contributed by atoms with van der Waals surface area (Å²) in [6, 6.07) is 8.43. The summed E-state index contributed by atoms with van der Waals surface area (Å²) in [5.41, 5.74) is 8.08. The first-order valence-electron chi connectivity index (χ1n) is 6.92. The molecule has 4 nitrogen and oxygen atoms in total. The van der Waals surface area contributed by atoms with E-state index in [2.05, 4.69) is 24.3 Å². The number of nitrogens with two attached hydrogens (primary N) is 1. The van der Waals surface area contributed by atoms with Crippen molar-refractivity contribution >= 4 is 5.91 Å². The van der Waals surface area contributed by atoms with Gasteiger partial charge in [0.2, 0.25) is 5.91 Å². The quantitative estimate of drug-likeness (QED) is 0.810. The number of benzene rings is 1. The molecule has 2 aliphatic heterocycles. The highest BCUT2D eigenvalue weighted by atomic mass is 16.5. The maximum Gasteiger partial charge on any atom is 0.245 e. The molecule has 1 fully saturated rings. The Hall–Kier alpha value is -1.39. The molecule has 19 heavy (non-hydrogen) atoms. The minimum atomic E-state index is -0.795. The second-order valence-corrected chi connectivity index (χ2v) is 5.52. The Morgan fingerprint density at radius 1 is 1.21 bits per heavy atom. The van der Waals surface area contributed by atoms with E-state index in [9.17, 15) is 4.79 Å². The number of amides is 1. The van der Waals surface area contributed by atoms with Gasteiger partial charge in [-0.1, -0.05) is 24.3 Å². The van der Waals surface area contributed by atoms with E-state index < -0.39 is 5.54 Å². The van der Waals surface area contributed by atoms with Crippen molar-refractivity contribution in [3.05, 3.63) is 35.4 Å². The van der Waals surface area contributed by atoms with E-state index in [1.807, 2.05) is 4.90 Å². The van der Waals surface area contributed by atoms with Gasteiger partial charge in [0.1, 0.15) is 5.54 Å². The highest BCUT2D eigenvalue weighted by molar-refractivity contribution is 5.86. The van der Waals surface area contributed by atoms with Crippen LogP contribution in [-0.2, 0) is 22.4 Å². The lowest BCUT2D eigenvalue weighted by Crippen LogP contribution is -2.56. The zero-order valence-corrected chi connectivity index (χ0v) is 11.1. The summed E-state index contributed by atoms with van der Waals surface area (Å²) >= 11 is 0. The van der Waals surface area contributed by atoms with Crippen molar-refractivity contribution in [1.29, 1.82) is 0 Å². The predicted molar refractivity (Wildman–Crippen MR) is 72.8 cm³/mol. The molecule has 1 unspecified atom stereocenters. The van der Waals surface area contributed by atoms with Gasteiger partial charge in [0.25, 0.3) is 0 Å². The molecule has 0 spiro atoms. The Balaban J connectivity index is 1.73. The second-order valence-electron chi connectivity index (χ2n) is 5.52. The van der Waals surface area contributed by atoms with E-state index in [1.54, 1.807) is 0 Å². The zero-order chi connectivity index (χ0) is 13.3. The lowest BCUT2D eigenvalue weighted by molar-refractivity contribution is -0.136. The van der Waals surface area contributed by atoms with Gasteiger partial charge in [-0.15, -0.1) is 0 Å². The van der Waals surface area contributed by atoms with E-state index in [1.165, 1.54) is 11.1 Å². The normalized spacial score (nSPS) is 26.9. The largest absolute Gasteiger partial charge is 0.379 e. The van der Waals surface area contributed by atoms with Crippen LogP contribution in [0.3, 0.4) is 0 Å². The Bertz CT molecular complexity index is 454. The van der Waals surface area contributed by atoms with Crippen LogP contribution in [-0.4, -0.2) is 42.6 Å². The van der Waals surface area contributed by atoms with Gasteiger partial charge in [0.05, 0.1) is 6.61 Å². The molecular weight excluding hydrogens is 240 g/mol. The lowest BCUT2D eigenvalue weighted by atomic mass is 9.98. The summed E-state index contributed by atoms with van der Waals surface area (Å²) in [5, 5.41) is 0. The van der Waals surface area contributed by atoms with E-state index in [0.717, 1.165) is 25.9 Å². The number of carbonyl (C=O) groups excluding carboxylic acids is 1. The van der Waals surface area contributed by atoms with Crippen molar-refractivity contribution in [3.63, 3.8) is 0 Å². The molecule has 0 bridgehead atoms. The molecule has 1 amide bonds. The number of rotatable bonds is 1. The third-order valence-electron chi connectivity index (χ3n) is 4.19. The first-order valence-corrected chi connectivity index (χ1v) is 6.92. The Morgan fingerprint density at radius 2 is 1.84 bits per heavy atom. The third-order valence-corrected chi connectivity index (χ3v) is 4.19. The molecule has 102 valence electrons. The van der Waals surface area contributed by atoms with Gasteiger partial charge in [-0.25, -0.2) is 0 Å². The standard InChI is InChI=1S/C15H20N2O2/c16-15(7-10-19-11-15)14(18)17-8-5-12-3-1-2-4-13(12)6-9-17/h1-4H,5-11,16H2. The van der Waals surface area contributed by atoms with Crippen LogP contribution < -0.4 is 5.73 Å². The van der Waals surface area contributed by atoms with Gasteiger partial charge >= 0.3 is 0 Å². The van der Waals surface area contributed by atoms with Crippen LogP contribution in [0, 0.1) is 0 Å². The number of hydrogen-bond donors (Lipinski definition) is 1. The van der Waals surface area contributed by atoms with Crippen molar-refractivity contribution in [2.24, 2.45) is 5.73 Å². The number of hydrogen-bond acceptors (Lipinski definition) is 3. The average molecular weight is 260 g/mol. The topological polar surface area (TPSA) is 55.6 Å². The minimum absolute atomic E-state index is 0.0535. The van der Waals surface area contributed by atoms with E-state index in [-0.39, 0.29) is 5.91 Å². The van der Waals surface area contributed by atoms with Crippen molar-refractivity contribution < 1.29 is 9.53 Å². The average Bonchev–Trinajstić information content (AvgIpc) is 2.76. The van der Waals surface area contributed by atoms with Crippen LogP contribution in [0.4, 0.5) is 0 Å². The van der Waals surface area contributed by atoms with E-state index in [4.69, 9.17) is 10.5 Å². The lowest BCUT2D eigenvalue weighted by Gasteiger charge is -2.29. The summed E-state index contributed by atoms with van der Waals surface area (Å²) in [4.78, 5) is 14.5. The van der Waals surface area contributed by atoms with Gasteiger partial charge in [0.15, 0.2) is 0 Å². The molecule has 1 aromatic rings. The smallest absolute Gasteiger partial charge is 0.245 e. The minimum Gasteiger partial charge on any atom is -0.379 e. The number of fused-ring (bicyclic) bond motifs is 1. The first-order chi connectivity index (χ1) is 9.19. The summed E-state index contributed by atoms with van der Waals surface area (Å²) in [6.07, 6.45) is 2.47. The van der Waals surface area contributed by atoms with Crippen molar-refractivity contribution in [2.75, 3.05) is 26.3 Å². The molecule has 0 aromatic heterocycles. The fourth-order valence-corrected chi connectivity index (χ4v) is 2.94. The van der Waals surface area contributed by atoms with Crippen LogP contribution in [0.25, 0.3) is 0 Å². The fraction of sp³-hybridized carbons (Fsp3) is 0.533. The number of nitrogens with zero attached hydrogens (tertiary/aromatic N) is 1. The SMILES string of the molecule is NC1(C(=O)N2CCc3ccccc3CC2)CCOC1. The fourth-order valence-electron chi connectivity index (χ4n) is 2.94. The van der Waals surface area contributed by atoms with Gasteiger partial charge in [-0.2, -0.15) is 0 Å². The van der Waals surface area contributed by atoms with Crippen molar-refractivity contribution in [1.82, 2.24) is 4.90 Å². The molecular formula is C15H20N2O2. The highest BCUT2D eigenvalue weighted by Gasteiger charge is 2.41. The van der Waals surface area contributed by atoms with Gasteiger partial charge in [-0.05, 0) is 30.4 Å². The summed E-state index contributed by atoms with van der Waals surface area (Å²) in [6.45, 7) is 2.47. The van der Waals surface area contributed by atoms with Crippen molar-refractivity contribution in [2.45, 2.75) is 24.8 Å². The molecule has 0 radical (unpaired) electrons. The Labute approximate surface area is 113 Å². The summed E-state index contributed by atoms with van der Waals surface area (Å²) < 4.78 is 5.29. The number of ether oxygens (including phenoxy) is 1. The van der Waals surface area contributed by atoms with Gasteiger partial charge in [0, 0.05) is 19.7 Å². The van der Waals surface area contributed by atoms with Crippen LogP contribution >= 0.6 is 0 Å². The zero-order valence-electron chi connectivity index (χ0n) is 11.1. The van der Waals surface area contributed by atoms with Gasteiger partial charge < -0.3 is 15.4 Å². The molecule has 4 heteroatoms.